The van der Waals surface area contributed by atoms with E-state index in [0.717, 1.165) is 17.1 Å². The fourth-order valence-corrected chi connectivity index (χ4v) is 2.95. The molecule has 0 bridgehead atoms. The molecule has 1 aromatic carbocycles. The van der Waals surface area contributed by atoms with Crippen LogP contribution in [0.15, 0.2) is 23.6 Å². The van der Waals surface area contributed by atoms with E-state index >= 15 is 0 Å². The molecule has 0 spiro atoms. The zero-order chi connectivity index (χ0) is 18.6. The molecule has 2 rings (SSSR count). The fraction of sp³-hybridized carbons (Fsp3) is 0.412. The molecule has 8 heteroatoms. The Balaban J connectivity index is 2.17. The van der Waals surface area contributed by atoms with Crippen molar-refractivity contribution >= 4 is 22.9 Å². The minimum Gasteiger partial charge on any atom is -0.492 e. The van der Waals surface area contributed by atoms with Crippen LogP contribution >= 0.6 is 11.3 Å². The van der Waals surface area contributed by atoms with Crippen LogP contribution in [0, 0.1) is 0 Å². The number of ether oxygens (including phenoxy) is 1. The second-order valence-corrected chi connectivity index (χ2v) is 6.59. The van der Waals surface area contributed by atoms with Crippen LogP contribution in [-0.4, -0.2) is 17.5 Å². The zero-order valence-electron chi connectivity index (χ0n) is 14.1. The number of benzene rings is 1. The van der Waals surface area contributed by atoms with Gasteiger partial charge in [0.1, 0.15) is 5.75 Å². The summed E-state index contributed by atoms with van der Waals surface area (Å²) >= 11 is 1.46. The second-order valence-electron chi connectivity index (χ2n) is 5.70. The summed E-state index contributed by atoms with van der Waals surface area (Å²) in [4.78, 5) is 16.5. The van der Waals surface area contributed by atoms with E-state index in [0.29, 0.717) is 5.69 Å². The van der Waals surface area contributed by atoms with E-state index in [9.17, 15) is 18.0 Å². The van der Waals surface area contributed by atoms with Crippen LogP contribution in [0.3, 0.4) is 0 Å². The van der Waals surface area contributed by atoms with Gasteiger partial charge in [-0.15, -0.1) is 11.3 Å². The maximum atomic E-state index is 12.9. The Morgan fingerprint density at radius 3 is 2.64 bits per heavy atom. The molecule has 4 nitrogen and oxygen atoms in total. The minimum atomic E-state index is -4.49. The third-order valence-electron chi connectivity index (χ3n) is 3.29. The molecule has 0 aliphatic heterocycles. The molecule has 25 heavy (non-hydrogen) atoms. The Labute approximate surface area is 148 Å². The van der Waals surface area contributed by atoms with Gasteiger partial charge in [0.15, 0.2) is 0 Å². The van der Waals surface area contributed by atoms with Crippen LogP contribution < -0.4 is 10.1 Å². The highest BCUT2D eigenvalue weighted by atomic mass is 32.1. The first-order valence-corrected chi connectivity index (χ1v) is 8.66. The van der Waals surface area contributed by atoms with Crippen LogP contribution in [0.5, 0.6) is 5.75 Å². The molecule has 0 radical (unpaired) electrons. The lowest BCUT2D eigenvalue weighted by molar-refractivity contribution is -0.137. The van der Waals surface area contributed by atoms with Crippen molar-refractivity contribution in [1.29, 1.82) is 0 Å². The number of anilines is 1. The summed E-state index contributed by atoms with van der Waals surface area (Å²) in [7, 11) is 0. The number of nitrogens with one attached hydrogen (secondary N) is 1. The van der Waals surface area contributed by atoms with E-state index in [2.05, 4.69) is 10.3 Å². The van der Waals surface area contributed by atoms with Crippen LogP contribution in [-0.2, 0) is 17.4 Å². The van der Waals surface area contributed by atoms with E-state index in [1.165, 1.54) is 17.4 Å². The highest BCUT2D eigenvalue weighted by Gasteiger charge is 2.31. The number of rotatable bonds is 6. The van der Waals surface area contributed by atoms with E-state index < -0.39 is 17.6 Å². The standard InChI is InChI=1S/C17H19F3N2O2S/c1-4-24-14-6-5-11(17(18,19)20)7-13(14)22-15(23)8-12-9-25-16(21-12)10(2)3/h5-7,9-10H,4,8H2,1-3H3,(H,22,23). The molecule has 0 saturated heterocycles. The van der Waals surface area contributed by atoms with Crippen molar-refractivity contribution < 1.29 is 22.7 Å². The first-order valence-electron chi connectivity index (χ1n) is 7.79. The predicted octanol–water partition coefficient (Wildman–Crippen LogP) is 4.87. The Hall–Kier alpha value is -2.09. The predicted molar refractivity (Wildman–Crippen MR) is 91.1 cm³/mol. The third kappa shape index (κ3) is 5.19. The summed E-state index contributed by atoms with van der Waals surface area (Å²) in [6, 6.07) is 3.02. The van der Waals surface area contributed by atoms with Crippen LogP contribution in [0.2, 0.25) is 0 Å². The minimum absolute atomic E-state index is 0.000914. The zero-order valence-corrected chi connectivity index (χ0v) is 14.9. The summed E-state index contributed by atoms with van der Waals surface area (Å²) in [6.45, 7) is 5.99. The molecule has 0 atom stereocenters. The number of hydrogen-bond acceptors (Lipinski definition) is 4. The lowest BCUT2D eigenvalue weighted by atomic mass is 10.1. The molecule has 136 valence electrons. The van der Waals surface area contributed by atoms with E-state index in [4.69, 9.17) is 4.74 Å². The number of nitrogens with zero attached hydrogens (tertiary/aromatic N) is 1. The monoisotopic (exact) mass is 372 g/mol. The molecule has 0 unspecified atom stereocenters. The molecule has 0 aliphatic rings. The average molecular weight is 372 g/mol. The largest absolute Gasteiger partial charge is 0.492 e. The molecule has 1 heterocycles. The van der Waals surface area contributed by atoms with Gasteiger partial charge in [-0.05, 0) is 25.1 Å². The first-order chi connectivity index (χ1) is 11.7. The molecule has 1 amide bonds. The van der Waals surface area contributed by atoms with Gasteiger partial charge in [-0.1, -0.05) is 13.8 Å². The summed E-state index contributed by atoms with van der Waals surface area (Å²) < 4.78 is 44.0. The molecule has 1 aromatic heterocycles. The average Bonchev–Trinajstić information content (AvgIpc) is 2.96. The number of carbonyl (C=O) groups is 1. The fourth-order valence-electron chi connectivity index (χ4n) is 2.11. The third-order valence-corrected chi connectivity index (χ3v) is 4.48. The Kier molecular flexibility index (Phi) is 6.05. The first kappa shape index (κ1) is 19.2. The maximum Gasteiger partial charge on any atom is 0.416 e. The van der Waals surface area contributed by atoms with E-state index in [1.54, 1.807) is 12.3 Å². The number of alkyl halides is 3. The van der Waals surface area contributed by atoms with Crippen molar-refractivity contribution in [3.63, 3.8) is 0 Å². The SMILES string of the molecule is CCOc1ccc(C(F)(F)F)cc1NC(=O)Cc1csc(C(C)C)n1. The van der Waals surface area contributed by atoms with Crippen molar-refractivity contribution in [1.82, 2.24) is 4.98 Å². The Bertz CT molecular complexity index is 742. The van der Waals surface area contributed by atoms with Crippen molar-refractivity contribution in [2.45, 2.75) is 39.3 Å². The molecule has 0 fully saturated rings. The summed E-state index contributed by atoms with van der Waals surface area (Å²) in [5.41, 5.74) is -0.251. The van der Waals surface area contributed by atoms with Gasteiger partial charge < -0.3 is 10.1 Å². The lowest BCUT2D eigenvalue weighted by Gasteiger charge is -2.14. The van der Waals surface area contributed by atoms with Crippen LogP contribution in [0.1, 0.15) is 43.0 Å². The van der Waals surface area contributed by atoms with Crippen LogP contribution in [0.25, 0.3) is 0 Å². The normalized spacial score (nSPS) is 11.6. The van der Waals surface area contributed by atoms with Gasteiger partial charge in [0.25, 0.3) is 0 Å². The summed E-state index contributed by atoms with van der Waals surface area (Å²) in [5.74, 6) is 0.0146. The number of hydrogen-bond donors (Lipinski definition) is 1. The lowest BCUT2D eigenvalue weighted by Crippen LogP contribution is -2.16. The highest BCUT2D eigenvalue weighted by Crippen LogP contribution is 2.35. The molecule has 0 saturated carbocycles. The van der Waals surface area contributed by atoms with Crippen LogP contribution in [0.4, 0.5) is 18.9 Å². The van der Waals surface area contributed by atoms with Gasteiger partial charge in [-0.25, -0.2) is 4.98 Å². The second kappa shape index (κ2) is 7.86. The number of thiazole rings is 1. The topological polar surface area (TPSA) is 51.2 Å². The number of halogens is 3. The van der Waals surface area contributed by atoms with Crippen molar-refractivity contribution in [2.75, 3.05) is 11.9 Å². The maximum absolute atomic E-state index is 12.9. The molecular weight excluding hydrogens is 353 g/mol. The quantitative estimate of drug-likeness (QED) is 0.787. The van der Waals surface area contributed by atoms with Gasteiger partial charge in [0.05, 0.1) is 35.0 Å². The molecular formula is C17H19F3N2O2S. The number of amides is 1. The van der Waals surface area contributed by atoms with Gasteiger partial charge in [-0.2, -0.15) is 13.2 Å². The summed E-state index contributed by atoms with van der Waals surface area (Å²) in [6.07, 6.45) is -4.50. The van der Waals surface area contributed by atoms with Crippen molar-refractivity contribution in [2.24, 2.45) is 0 Å². The van der Waals surface area contributed by atoms with Crippen molar-refractivity contribution in [3.05, 3.63) is 39.8 Å². The number of carbonyl (C=O) groups excluding carboxylic acids is 1. The Morgan fingerprint density at radius 1 is 1.36 bits per heavy atom. The molecule has 1 N–H and O–H groups in total. The van der Waals surface area contributed by atoms with Gasteiger partial charge >= 0.3 is 6.18 Å². The smallest absolute Gasteiger partial charge is 0.416 e. The molecule has 2 aromatic rings. The number of aromatic nitrogens is 1. The van der Waals surface area contributed by atoms with E-state index in [1.807, 2.05) is 13.8 Å². The van der Waals surface area contributed by atoms with Crippen molar-refractivity contribution in [3.8, 4) is 5.75 Å². The van der Waals surface area contributed by atoms with Gasteiger partial charge in [0, 0.05) is 11.3 Å². The Morgan fingerprint density at radius 2 is 2.08 bits per heavy atom. The van der Waals surface area contributed by atoms with E-state index in [-0.39, 0.29) is 30.4 Å². The molecule has 0 aliphatic carbocycles. The van der Waals surface area contributed by atoms with Gasteiger partial charge in [0.2, 0.25) is 5.91 Å². The van der Waals surface area contributed by atoms with Gasteiger partial charge in [-0.3, -0.25) is 4.79 Å². The highest BCUT2D eigenvalue weighted by molar-refractivity contribution is 7.09. The summed E-state index contributed by atoms with van der Waals surface area (Å²) in [5, 5.41) is 5.19.